The van der Waals surface area contributed by atoms with Crippen molar-refractivity contribution in [1.82, 2.24) is 24.9 Å². The van der Waals surface area contributed by atoms with Gasteiger partial charge in [0.25, 0.3) is 0 Å². The highest BCUT2D eigenvalue weighted by Crippen LogP contribution is 2.45. The van der Waals surface area contributed by atoms with E-state index in [0.717, 1.165) is 49.5 Å². The molecule has 0 spiro atoms. The Morgan fingerprint density at radius 1 is 1.21 bits per heavy atom. The van der Waals surface area contributed by atoms with Gasteiger partial charge in [0.15, 0.2) is 0 Å². The largest absolute Gasteiger partial charge is 0.355 e. The van der Waals surface area contributed by atoms with Crippen LogP contribution in [0.1, 0.15) is 12.0 Å². The fourth-order valence-corrected chi connectivity index (χ4v) is 4.58. The van der Waals surface area contributed by atoms with E-state index in [1.165, 1.54) is 0 Å². The van der Waals surface area contributed by atoms with Crippen LogP contribution in [0.2, 0.25) is 0 Å². The van der Waals surface area contributed by atoms with Gasteiger partial charge in [-0.1, -0.05) is 6.08 Å². The maximum absolute atomic E-state index is 8.96. The van der Waals surface area contributed by atoms with Crippen LogP contribution in [0.25, 0.3) is 11.0 Å². The van der Waals surface area contributed by atoms with Gasteiger partial charge in [-0.25, -0.2) is 19.9 Å². The first kappa shape index (κ1) is 16.7. The third kappa shape index (κ3) is 2.51. The normalized spacial score (nSPS) is 24.2. The lowest BCUT2D eigenvalue weighted by Gasteiger charge is -2.42. The summed E-state index contributed by atoms with van der Waals surface area (Å²) in [6, 6.07) is 4.10. The fraction of sp³-hybridized carbons (Fsp3) is 0.350. The van der Waals surface area contributed by atoms with Crippen molar-refractivity contribution in [2.24, 2.45) is 11.3 Å². The SMILES string of the molecule is C=C[C@]12CN(c3ncc(C#N)cn3)C[C@H]1CCN(c1ncnc3[nH]ccc13)C2. The molecule has 0 bridgehead atoms. The van der Waals surface area contributed by atoms with Crippen molar-refractivity contribution in [3.05, 3.63) is 49.2 Å². The van der Waals surface area contributed by atoms with Crippen LogP contribution in [0.4, 0.5) is 11.8 Å². The minimum absolute atomic E-state index is 0.0525. The summed E-state index contributed by atoms with van der Waals surface area (Å²) in [5.41, 5.74) is 1.28. The summed E-state index contributed by atoms with van der Waals surface area (Å²) in [4.78, 5) is 25.4. The molecule has 0 radical (unpaired) electrons. The molecule has 1 N–H and O–H groups in total. The van der Waals surface area contributed by atoms with E-state index >= 15 is 0 Å². The molecule has 0 aromatic carbocycles. The number of piperidine rings is 1. The first-order valence-corrected chi connectivity index (χ1v) is 9.36. The van der Waals surface area contributed by atoms with Gasteiger partial charge in [-0.15, -0.1) is 6.58 Å². The number of hydrogen-bond donors (Lipinski definition) is 1. The molecule has 28 heavy (non-hydrogen) atoms. The number of nitrogens with zero attached hydrogens (tertiary/aromatic N) is 7. The van der Waals surface area contributed by atoms with E-state index in [1.54, 1.807) is 18.7 Å². The van der Waals surface area contributed by atoms with E-state index in [9.17, 15) is 0 Å². The second-order valence-corrected chi connectivity index (χ2v) is 7.55. The van der Waals surface area contributed by atoms with Gasteiger partial charge in [-0.05, 0) is 18.4 Å². The molecule has 0 aliphatic carbocycles. The third-order valence-corrected chi connectivity index (χ3v) is 6.06. The Bertz CT molecular complexity index is 1070. The fourth-order valence-electron chi connectivity index (χ4n) is 4.58. The molecule has 8 heteroatoms. The predicted octanol–water partition coefficient (Wildman–Crippen LogP) is 2.14. The standard InChI is InChI=1S/C20H20N8/c1-2-20-11-27(18-16-3-5-22-17(16)25-13-26-18)6-4-15(20)10-28(12-20)19-23-8-14(7-21)9-24-19/h2-3,5,8-9,13,15H,1,4,6,10-12H2,(H,22,25,26)/t15-,20+/m1/s1. The molecule has 0 unspecified atom stereocenters. The maximum atomic E-state index is 8.96. The summed E-state index contributed by atoms with van der Waals surface area (Å²) < 4.78 is 0. The second-order valence-electron chi connectivity index (χ2n) is 7.55. The summed E-state index contributed by atoms with van der Waals surface area (Å²) >= 11 is 0. The monoisotopic (exact) mass is 372 g/mol. The van der Waals surface area contributed by atoms with Crippen LogP contribution < -0.4 is 9.80 Å². The highest BCUT2D eigenvalue weighted by molar-refractivity contribution is 5.87. The van der Waals surface area contributed by atoms with Gasteiger partial charge in [0.1, 0.15) is 23.9 Å². The van der Waals surface area contributed by atoms with E-state index in [2.05, 4.69) is 53.4 Å². The molecule has 3 aromatic heterocycles. The van der Waals surface area contributed by atoms with E-state index in [4.69, 9.17) is 5.26 Å². The molecule has 2 atom stereocenters. The number of aromatic nitrogens is 5. The molecule has 0 amide bonds. The Balaban J connectivity index is 1.43. The van der Waals surface area contributed by atoms with Gasteiger partial charge in [0.2, 0.25) is 5.95 Å². The lowest BCUT2D eigenvalue weighted by atomic mass is 9.73. The molecule has 3 aromatic rings. The van der Waals surface area contributed by atoms with Crippen LogP contribution in [0.3, 0.4) is 0 Å². The van der Waals surface area contributed by atoms with Gasteiger partial charge >= 0.3 is 0 Å². The van der Waals surface area contributed by atoms with E-state index < -0.39 is 0 Å². The summed E-state index contributed by atoms with van der Waals surface area (Å²) in [6.45, 7) is 7.68. The predicted molar refractivity (Wildman–Crippen MR) is 106 cm³/mol. The zero-order chi connectivity index (χ0) is 19.1. The lowest BCUT2D eigenvalue weighted by molar-refractivity contribution is 0.255. The average molecular weight is 372 g/mol. The smallest absolute Gasteiger partial charge is 0.225 e. The molecule has 2 saturated heterocycles. The molecule has 0 saturated carbocycles. The maximum Gasteiger partial charge on any atom is 0.225 e. The Hall–Kier alpha value is -3.47. The van der Waals surface area contributed by atoms with Gasteiger partial charge in [0.05, 0.1) is 23.3 Å². The minimum Gasteiger partial charge on any atom is -0.355 e. The number of hydrogen-bond acceptors (Lipinski definition) is 7. The Morgan fingerprint density at radius 3 is 2.82 bits per heavy atom. The summed E-state index contributed by atoms with van der Waals surface area (Å²) in [6.07, 6.45) is 9.84. The second kappa shape index (κ2) is 6.30. The van der Waals surface area contributed by atoms with Crippen molar-refractivity contribution >= 4 is 22.8 Å². The van der Waals surface area contributed by atoms with Gasteiger partial charge in [-0.2, -0.15) is 5.26 Å². The summed E-state index contributed by atoms with van der Waals surface area (Å²) in [5, 5.41) is 10.0. The minimum atomic E-state index is -0.0525. The van der Waals surface area contributed by atoms with Crippen molar-refractivity contribution in [2.45, 2.75) is 6.42 Å². The molecule has 8 nitrogen and oxygen atoms in total. The van der Waals surface area contributed by atoms with Crippen LogP contribution in [-0.4, -0.2) is 51.1 Å². The van der Waals surface area contributed by atoms with Crippen molar-refractivity contribution in [3.63, 3.8) is 0 Å². The third-order valence-electron chi connectivity index (χ3n) is 6.06. The zero-order valence-electron chi connectivity index (χ0n) is 15.4. The van der Waals surface area contributed by atoms with Crippen molar-refractivity contribution in [3.8, 4) is 6.07 Å². The molecule has 5 rings (SSSR count). The van der Waals surface area contributed by atoms with Crippen molar-refractivity contribution in [1.29, 1.82) is 5.26 Å². The molecule has 2 aliphatic heterocycles. The van der Waals surface area contributed by atoms with Gasteiger partial charge in [0, 0.05) is 37.8 Å². The van der Waals surface area contributed by atoms with Gasteiger partial charge in [-0.3, -0.25) is 0 Å². The number of aromatic amines is 1. The van der Waals surface area contributed by atoms with Crippen LogP contribution in [0, 0.1) is 22.7 Å². The number of nitriles is 1. The Morgan fingerprint density at radius 2 is 2.04 bits per heavy atom. The zero-order valence-corrected chi connectivity index (χ0v) is 15.4. The number of fused-ring (bicyclic) bond motifs is 2. The lowest BCUT2D eigenvalue weighted by Crippen LogP contribution is -2.48. The first-order valence-electron chi connectivity index (χ1n) is 9.36. The Kier molecular flexibility index (Phi) is 3.76. The number of H-pyrrole nitrogens is 1. The highest BCUT2D eigenvalue weighted by Gasteiger charge is 2.48. The Labute approximate surface area is 162 Å². The van der Waals surface area contributed by atoms with Crippen LogP contribution in [-0.2, 0) is 0 Å². The molecule has 2 fully saturated rings. The molecular formula is C20H20N8. The van der Waals surface area contributed by atoms with Crippen LogP contribution in [0.5, 0.6) is 0 Å². The topological polar surface area (TPSA) is 97.6 Å². The van der Waals surface area contributed by atoms with Crippen molar-refractivity contribution < 1.29 is 0 Å². The number of anilines is 2. The van der Waals surface area contributed by atoms with E-state index in [-0.39, 0.29) is 5.41 Å². The first-order chi connectivity index (χ1) is 13.7. The highest BCUT2D eigenvalue weighted by atomic mass is 15.3. The van der Waals surface area contributed by atoms with Gasteiger partial charge < -0.3 is 14.8 Å². The van der Waals surface area contributed by atoms with E-state index in [0.29, 0.717) is 17.4 Å². The molecule has 2 aliphatic rings. The van der Waals surface area contributed by atoms with Crippen LogP contribution >= 0.6 is 0 Å². The summed E-state index contributed by atoms with van der Waals surface area (Å²) in [7, 11) is 0. The quantitative estimate of drug-likeness (QED) is 0.703. The number of rotatable bonds is 3. The number of nitrogens with one attached hydrogen (secondary N) is 1. The van der Waals surface area contributed by atoms with E-state index in [1.807, 2.05) is 12.3 Å². The average Bonchev–Trinajstić information content (AvgIpc) is 3.38. The molecular weight excluding hydrogens is 352 g/mol. The molecule has 5 heterocycles. The molecule has 140 valence electrons. The summed E-state index contributed by atoms with van der Waals surface area (Å²) in [5.74, 6) is 2.14. The van der Waals surface area contributed by atoms with Crippen LogP contribution in [0.15, 0.2) is 43.6 Å². The van der Waals surface area contributed by atoms with Crippen molar-refractivity contribution in [2.75, 3.05) is 36.0 Å².